The maximum atomic E-state index is 14.0. The summed E-state index contributed by atoms with van der Waals surface area (Å²) in [6.45, 7) is 0.178. The molecule has 7 heteroatoms. The van der Waals surface area contributed by atoms with Crippen molar-refractivity contribution in [2.24, 2.45) is 4.99 Å². The molecule has 0 saturated carbocycles. The first-order valence-electron chi connectivity index (χ1n) is 5.64. The van der Waals surface area contributed by atoms with Crippen molar-refractivity contribution < 1.29 is 8.78 Å². The quantitative estimate of drug-likeness (QED) is 0.791. The van der Waals surface area contributed by atoms with E-state index in [9.17, 15) is 8.78 Å². The molecule has 1 aromatic heterocycles. The zero-order valence-electron chi connectivity index (χ0n) is 9.91. The van der Waals surface area contributed by atoms with Crippen LogP contribution in [0, 0.1) is 11.6 Å². The summed E-state index contributed by atoms with van der Waals surface area (Å²) in [5.41, 5.74) is 0.629. The van der Waals surface area contributed by atoms with E-state index in [2.05, 4.69) is 10.3 Å². The second-order valence-electron chi connectivity index (χ2n) is 4.10. The minimum Gasteiger partial charge on any atom is -0.340 e. The van der Waals surface area contributed by atoms with Gasteiger partial charge in [-0.3, -0.25) is 4.99 Å². The Balaban J connectivity index is 2.25. The number of nitrogens with zero attached hydrogens (tertiary/aromatic N) is 1. The Labute approximate surface area is 128 Å². The molecule has 0 radical (unpaired) electrons. The molecule has 0 saturated heterocycles. The number of halogens is 3. The molecule has 1 aliphatic heterocycles. The molecule has 0 fully saturated rings. The molecule has 1 aromatic carbocycles. The van der Waals surface area contributed by atoms with Gasteiger partial charge in [-0.2, -0.15) is 0 Å². The molecule has 0 bridgehead atoms. The Morgan fingerprint density at radius 2 is 2.00 bits per heavy atom. The molecule has 2 heterocycles. The summed E-state index contributed by atoms with van der Waals surface area (Å²) >= 11 is 12.3. The summed E-state index contributed by atoms with van der Waals surface area (Å²) in [7, 11) is 0. The van der Waals surface area contributed by atoms with E-state index < -0.39 is 11.6 Å². The van der Waals surface area contributed by atoms with Crippen LogP contribution in [0.1, 0.15) is 11.1 Å². The fraction of sp³-hybridized carbons (Fsp3) is 0.0769. The van der Waals surface area contributed by atoms with Crippen molar-refractivity contribution in [3.63, 3.8) is 0 Å². The minimum absolute atomic E-state index is 0.158. The lowest BCUT2D eigenvalue weighted by atomic mass is 10.0. The number of anilines is 1. The lowest BCUT2D eigenvalue weighted by molar-refractivity contribution is 0.579. The van der Waals surface area contributed by atoms with Gasteiger partial charge in [0.1, 0.15) is 21.6 Å². The van der Waals surface area contributed by atoms with Gasteiger partial charge in [-0.1, -0.05) is 29.9 Å². The molecule has 0 spiro atoms. The molecule has 0 amide bonds. The summed E-state index contributed by atoms with van der Waals surface area (Å²) in [6, 6.07) is 5.35. The molecule has 2 aromatic rings. The fourth-order valence-electron chi connectivity index (χ4n) is 1.97. The molecule has 3 rings (SSSR count). The average molecular weight is 329 g/mol. The average Bonchev–Trinajstić information content (AvgIpc) is 2.66. The third-order valence-electron chi connectivity index (χ3n) is 2.79. The highest BCUT2D eigenvalue weighted by atomic mass is 35.5. The second kappa shape index (κ2) is 5.20. The van der Waals surface area contributed by atoms with E-state index in [1.165, 1.54) is 29.5 Å². The number of nitrogens with one attached hydrogen (secondary N) is 1. The van der Waals surface area contributed by atoms with Crippen molar-refractivity contribution in [1.82, 2.24) is 0 Å². The van der Waals surface area contributed by atoms with E-state index in [4.69, 9.17) is 23.8 Å². The molecule has 1 aliphatic rings. The normalized spacial score (nSPS) is 14.3. The van der Waals surface area contributed by atoms with Gasteiger partial charge in [-0.05, 0) is 18.2 Å². The van der Waals surface area contributed by atoms with Crippen LogP contribution in [0.5, 0.6) is 0 Å². The predicted octanol–water partition coefficient (Wildman–Crippen LogP) is 4.27. The first-order valence-corrected chi connectivity index (χ1v) is 7.25. The number of benzene rings is 1. The number of thiocarbonyl (C=S) groups is 1. The van der Waals surface area contributed by atoms with Gasteiger partial charge in [-0.15, -0.1) is 11.3 Å². The van der Waals surface area contributed by atoms with Crippen LogP contribution in [-0.4, -0.2) is 17.2 Å². The van der Waals surface area contributed by atoms with E-state index in [-0.39, 0.29) is 17.8 Å². The van der Waals surface area contributed by atoms with Crippen molar-refractivity contribution in [3.05, 3.63) is 51.4 Å². The Bertz CT molecular complexity index is 720. The molecule has 0 aliphatic carbocycles. The number of fused-ring (bicyclic) bond motifs is 1. The van der Waals surface area contributed by atoms with E-state index in [0.717, 1.165) is 0 Å². The monoisotopic (exact) mass is 328 g/mol. The second-order valence-corrected chi connectivity index (χ2v) is 6.28. The lowest BCUT2D eigenvalue weighted by Crippen LogP contribution is -2.09. The Kier molecular flexibility index (Phi) is 3.54. The summed E-state index contributed by atoms with van der Waals surface area (Å²) in [6.07, 6.45) is 0. The van der Waals surface area contributed by atoms with Crippen LogP contribution in [0.2, 0.25) is 4.34 Å². The zero-order valence-corrected chi connectivity index (χ0v) is 12.3. The minimum atomic E-state index is -0.662. The van der Waals surface area contributed by atoms with E-state index in [1.54, 1.807) is 6.07 Å². The van der Waals surface area contributed by atoms with Gasteiger partial charge in [0, 0.05) is 5.56 Å². The van der Waals surface area contributed by atoms with Crippen molar-refractivity contribution in [1.29, 1.82) is 0 Å². The van der Waals surface area contributed by atoms with Gasteiger partial charge in [0.05, 0.1) is 22.2 Å². The van der Waals surface area contributed by atoms with Gasteiger partial charge >= 0.3 is 0 Å². The van der Waals surface area contributed by atoms with Crippen LogP contribution in [0.25, 0.3) is 0 Å². The number of thiophene rings is 1. The first-order chi connectivity index (χ1) is 9.56. The van der Waals surface area contributed by atoms with Crippen LogP contribution in [0.4, 0.5) is 13.8 Å². The highest BCUT2D eigenvalue weighted by molar-refractivity contribution is 7.80. The van der Waals surface area contributed by atoms with Gasteiger partial charge in [-0.25, -0.2) is 8.78 Å². The van der Waals surface area contributed by atoms with Crippen molar-refractivity contribution in [2.45, 2.75) is 0 Å². The Hall–Kier alpha value is -1.37. The summed E-state index contributed by atoms with van der Waals surface area (Å²) in [5, 5.41) is 3.64. The topological polar surface area (TPSA) is 24.4 Å². The number of rotatable bonds is 1. The van der Waals surface area contributed by atoms with Crippen LogP contribution in [0.15, 0.2) is 29.3 Å². The van der Waals surface area contributed by atoms with Gasteiger partial charge in [0.2, 0.25) is 0 Å². The molecule has 0 atom stereocenters. The van der Waals surface area contributed by atoms with Gasteiger partial charge in [0.25, 0.3) is 0 Å². The predicted molar refractivity (Wildman–Crippen MR) is 82.4 cm³/mol. The molecule has 2 nitrogen and oxygen atoms in total. The van der Waals surface area contributed by atoms with Crippen molar-refractivity contribution in [3.8, 4) is 0 Å². The number of aliphatic imine (C=N–C) groups is 1. The van der Waals surface area contributed by atoms with E-state index in [0.29, 0.717) is 19.9 Å². The van der Waals surface area contributed by atoms with Crippen molar-refractivity contribution >= 4 is 50.9 Å². The smallest absolute Gasteiger partial charge is 0.135 e. The highest BCUT2D eigenvalue weighted by Crippen LogP contribution is 2.35. The first kappa shape index (κ1) is 13.6. The standard InChI is InChI=1S/C13H7ClF2N2S2/c14-9-4-6-12(11-7(15)2-1-3-8(11)16)17-5-10(19)18-13(6)20-9/h1-4H,5H2,(H,18,19). The van der Waals surface area contributed by atoms with Crippen LogP contribution in [-0.2, 0) is 0 Å². The third kappa shape index (κ3) is 2.34. The molecule has 1 N–H and O–H groups in total. The van der Waals surface area contributed by atoms with Crippen LogP contribution < -0.4 is 5.32 Å². The van der Waals surface area contributed by atoms with E-state index in [1.807, 2.05) is 0 Å². The fourth-order valence-corrected chi connectivity index (χ4v) is 3.35. The lowest BCUT2D eigenvalue weighted by Gasteiger charge is -2.07. The SMILES string of the molecule is Fc1cccc(F)c1C1=NCC(=S)Nc2sc(Cl)cc21. The number of hydrogen-bond acceptors (Lipinski definition) is 3. The number of hydrogen-bond donors (Lipinski definition) is 1. The van der Waals surface area contributed by atoms with Gasteiger partial charge in [0.15, 0.2) is 0 Å². The molecule has 102 valence electrons. The third-order valence-corrected chi connectivity index (χ3v) is 4.20. The molecular weight excluding hydrogens is 322 g/mol. The Morgan fingerprint density at radius 3 is 2.70 bits per heavy atom. The summed E-state index contributed by atoms with van der Waals surface area (Å²) in [4.78, 5) is 4.71. The molecular formula is C13H7ClF2N2S2. The van der Waals surface area contributed by atoms with E-state index >= 15 is 0 Å². The summed E-state index contributed by atoms with van der Waals surface area (Å²) in [5.74, 6) is -1.32. The maximum Gasteiger partial charge on any atom is 0.135 e. The van der Waals surface area contributed by atoms with Gasteiger partial charge < -0.3 is 5.32 Å². The molecule has 0 unspecified atom stereocenters. The molecule has 20 heavy (non-hydrogen) atoms. The zero-order chi connectivity index (χ0) is 14.3. The van der Waals surface area contributed by atoms with Crippen molar-refractivity contribution in [2.75, 3.05) is 11.9 Å². The maximum absolute atomic E-state index is 14.0. The largest absolute Gasteiger partial charge is 0.340 e. The van der Waals surface area contributed by atoms with Crippen LogP contribution >= 0.6 is 35.2 Å². The summed E-state index contributed by atoms with van der Waals surface area (Å²) < 4.78 is 28.4. The van der Waals surface area contributed by atoms with Crippen LogP contribution in [0.3, 0.4) is 0 Å². The Morgan fingerprint density at radius 1 is 1.30 bits per heavy atom. The highest BCUT2D eigenvalue weighted by Gasteiger charge is 2.24.